The molecule has 1 N–H and O–H groups in total. The minimum atomic E-state index is -1.68. The summed E-state index contributed by atoms with van der Waals surface area (Å²) in [5.41, 5.74) is 0. The lowest BCUT2D eigenvalue weighted by Crippen LogP contribution is -2.09. The van der Waals surface area contributed by atoms with Gasteiger partial charge in [0.2, 0.25) is 0 Å². The van der Waals surface area contributed by atoms with Crippen LogP contribution >= 0.6 is 11.6 Å². The monoisotopic (exact) mass is 236 g/mol. The van der Waals surface area contributed by atoms with Gasteiger partial charge in [-0.1, -0.05) is 11.6 Å². The molecule has 0 heterocycles. The molecule has 6 heteroatoms. The number of hydrogen-bond acceptors (Lipinski definition) is 2. The summed E-state index contributed by atoms with van der Waals surface area (Å²) in [6.45, 7) is 0. The van der Waals surface area contributed by atoms with Crippen LogP contribution in [0.3, 0.4) is 0 Å². The summed E-state index contributed by atoms with van der Waals surface area (Å²) in [7, 11) is -1.68. The van der Waals surface area contributed by atoms with Gasteiger partial charge in [0.1, 0.15) is 11.6 Å². The van der Waals surface area contributed by atoms with Crippen LogP contribution in [-0.4, -0.2) is 21.0 Å². The average Bonchev–Trinajstić information content (AvgIpc) is 2.08. The van der Waals surface area contributed by atoms with E-state index in [1.807, 2.05) is 0 Å². The quantitative estimate of drug-likeness (QED) is 0.869. The summed E-state index contributed by atoms with van der Waals surface area (Å²) in [6, 6.07) is 3.47. The second kappa shape index (κ2) is 4.52. The molecule has 0 fully saturated rings. The molecule has 1 aromatic carbocycles. The van der Waals surface area contributed by atoms with Crippen LogP contribution in [0.2, 0.25) is 5.02 Å². The highest BCUT2D eigenvalue weighted by molar-refractivity contribution is 7.85. The fourth-order valence-electron chi connectivity index (χ4n) is 0.814. The van der Waals surface area contributed by atoms with Crippen LogP contribution in [0.25, 0.3) is 0 Å². The molecule has 0 aliphatic rings. The first-order chi connectivity index (χ1) is 6.50. The maximum absolute atomic E-state index is 12.7. The van der Waals surface area contributed by atoms with Crippen LogP contribution in [0.1, 0.15) is 0 Å². The molecule has 14 heavy (non-hydrogen) atoms. The van der Waals surface area contributed by atoms with Gasteiger partial charge in [-0.25, -0.2) is 4.39 Å². The molecule has 0 spiro atoms. The van der Waals surface area contributed by atoms with E-state index in [1.54, 1.807) is 0 Å². The second-order valence-electron chi connectivity index (χ2n) is 2.46. The van der Waals surface area contributed by atoms with E-state index in [9.17, 15) is 13.4 Å². The normalized spacial score (nSPS) is 12.4. The van der Waals surface area contributed by atoms with E-state index in [2.05, 4.69) is 0 Å². The van der Waals surface area contributed by atoms with Gasteiger partial charge in [-0.15, -0.1) is 0 Å². The summed E-state index contributed by atoms with van der Waals surface area (Å²) in [4.78, 5) is 10.4. The van der Waals surface area contributed by atoms with Crippen molar-refractivity contribution < 1.29 is 18.5 Å². The van der Waals surface area contributed by atoms with Crippen LogP contribution in [0, 0.1) is 5.82 Å². The molecule has 3 nitrogen and oxygen atoms in total. The number of hydrogen-bond donors (Lipinski definition) is 1. The fraction of sp³-hybridized carbons (Fsp3) is 0.125. The number of benzene rings is 1. The molecule has 0 amide bonds. The van der Waals surface area contributed by atoms with E-state index in [-0.39, 0.29) is 9.92 Å². The Bertz CT molecular complexity index is 394. The summed E-state index contributed by atoms with van der Waals surface area (Å²) in [5.74, 6) is -2.31. The highest BCUT2D eigenvalue weighted by Gasteiger charge is 2.10. The molecule has 0 saturated carbocycles. The summed E-state index contributed by atoms with van der Waals surface area (Å²) in [5, 5.41) is 8.20. The molecule has 0 radical (unpaired) electrons. The zero-order valence-electron chi connectivity index (χ0n) is 6.87. The molecule has 1 aromatic rings. The Balaban J connectivity index is 2.91. The molecular weight excluding hydrogens is 231 g/mol. The van der Waals surface area contributed by atoms with E-state index >= 15 is 0 Å². The van der Waals surface area contributed by atoms with Crippen molar-refractivity contribution in [1.29, 1.82) is 0 Å². The van der Waals surface area contributed by atoms with E-state index in [0.29, 0.717) is 0 Å². The zero-order valence-corrected chi connectivity index (χ0v) is 8.44. The van der Waals surface area contributed by atoms with E-state index in [4.69, 9.17) is 16.7 Å². The average molecular weight is 237 g/mol. The Morgan fingerprint density at radius 2 is 2.21 bits per heavy atom. The van der Waals surface area contributed by atoms with E-state index < -0.39 is 28.3 Å². The Labute approximate surface area is 87.0 Å². The predicted molar refractivity (Wildman–Crippen MR) is 50.3 cm³/mol. The number of halogens is 2. The molecular formula is C8H6ClFO3S. The number of aliphatic carboxylic acids is 1. The van der Waals surface area contributed by atoms with Gasteiger partial charge in [0.05, 0.1) is 15.8 Å². The largest absolute Gasteiger partial charge is 0.481 e. The highest BCUT2D eigenvalue weighted by atomic mass is 35.5. The van der Waals surface area contributed by atoms with Gasteiger partial charge in [-0.2, -0.15) is 0 Å². The number of rotatable bonds is 3. The Morgan fingerprint density at radius 3 is 2.71 bits per heavy atom. The van der Waals surface area contributed by atoms with E-state index in [1.165, 1.54) is 6.07 Å². The number of carboxylic acid groups (broad SMARTS) is 1. The number of carbonyl (C=O) groups is 1. The van der Waals surface area contributed by atoms with Crippen LogP contribution in [0.15, 0.2) is 23.1 Å². The lowest BCUT2D eigenvalue weighted by molar-refractivity contribution is -0.133. The lowest BCUT2D eigenvalue weighted by Gasteiger charge is -2.00. The predicted octanol–water partition coefficient (Wildman–Crippen LogP) is 1.67. The second-order valence-corrected chi connectivity index (χ2v) is 4.32. The number of carboxylic acids is 1. The Morgan fingerprint density at radius 1 is 1.57 bits per heavy atom. The van der Waals surface area contributed by atoms with Gasteiger partial charge in [0.15, 0.2) is 0 Å². The van der Waals surface area contributed by atoms with Gasteiger partial charge in [-0.05, 0) is 18.2 Å². The highest BCUT2D eigenvalue weighted by Crippen LogP contribution is 2.18. The van der Waals surface area contributed by atoms with Gasteiger partial charge in [0.25, 0.3) is 0 Å². The molecule has 1 rings (SSSR count). The maximum atomic E-state index is 12.7. The first-order valence-corrected chi connectivity index (χ1v) is 5.25. The maximum Gasteiger partial charge on any atom is 0.316 e. The smallest absolute Gasteiger partial charge is 0.316 e. The van der Waals surface area contributed by atoms with Gasteiger partial charge in [0, 0.05) is 4.90 Å². The molecule has 0 aliphatic carbocycles. The minimum Gasteiger partial charge on any atom is -0.481 e. The van der Waals surface area contributed by atoms with Crippen molar-refractivity contribution in [1.82, 2.24) is 0 Å². The van der Waals surface area contributed by atoms with Crippen molar-refractivity contribution in [2.75, 3.05) is 5.75 Å². The molecule has 1 atom stereocenters. The van der Waals surface area contributed by atoms with Crippen LogP contribution in [0.4, 0.5) is 4.39 Å². The molecule has 76 valence electrons. The van der Waals surface area contributed by atoms with Crippen molar-refractivity contribution in [3.63, 3.8) is 0 Å². The third-order valence-electron chi connectivity index (χ3n) is 1.41. The van der Waals surface area contributed by atoms with Gasteiger partial charge in [-0.3, -0.25) is 9.00 Å². The van der Waals surface area contributed by atoms with Crippen molar-refractivity contribution in [2.45, 2.75) is 4.90 Å². The van der Waals surface area contributed by atoms with Crippen LogP contribution in [0.5, 0.6) is 0 Å². The third-order valence-corrected chi connectivity index (χ3v) is 2.99. The first-order valence-electron chi connectivity index (χ1n) is 3.56. The molecule has 0 bridgehead atoms. The Hall–Kier alpha value is -0.940. The molecule has 1 unspecified atom stereocenters. The van der Waals surface area contributed by atoms with Gasteiger partial charge >= 0.3 is 5.97 Å². The first kappa shape index (κ1) is 11.1. The molecule has 0 aromatic heterocycles. The van der Waals surface area contributed by atoms with Crippen molar-refractivity contribution in [2.24, 2.45) is 0 Å². The summed E-state index contributed by atoms with van der Waals surface area (Å²) < 4.78 is 23.9. The third kappa shape index (κ3) is 2.78. The van der Waals surface area contributed by atoms with Crippen LogP contribution < -0.4 is 0 Å². The van der Waals surface area contributed by atoms with Crippen molar-refractivity contribution >= 4 is 28.4 Å². The summed E-state index contributed by atoms with van der Waals surface area (Å²) in [6.07, 6.45) is 0. The van der Waals surface area contributed by atoms with Crippen LogP contribution in [-0.2, 0) is 15.6 Å². The lowest BCUT2D eigenvalue weighted by atomic mass is 10.3. The van der Waals surface area contributed by atoms with Crippen molar-refractivity contribution in [3.8, 4) is 0 Å². The standard InChI is InChI=1S/C8H6ClFO3S/c9-6-3-5(1-2-7(6)10)14(13)4-8(11)12/h1-3H,4H2,(H,11,12). The minimum absolute atomic E-state index is 0.166. The Kier molecular flexibility index (Phi) is 3.60. The molecule has 0 aliphatic heterocycles. The van der Waals surface area contributed by atoms with Crippen molar-refractivity contribution in [3.05, 3.63) is 29.0 Å². The topological polar surface area (TPSA) is 54.4 Å². The zero-order chi connectivity index (χ0) is 10.7. The fourth-order valence-corrected chi connectivity index (χ4v) is 1.92. The molecule has 0 saturated heterocycles. The van der Waals surface area contributed by atoms with Gasteiger partial charge < -0.3 is 5.11 Å². The summed E-state index contributed by atoms with van der Waals surface area (Å²) >= 11 is 5.44. The van der Waals surface area contributed by atoms with E-state index in [0.717, 1.165) is 12.1 Å². The SMILES string of the molecule is O=C(O)CS(=O)c1ccc(F)c(Cl)c1.